The topological polar surface area (TPSA) is 147 Å². The van der Waals surface area contributed by atoms with Crippen molar-refractivity contribution in [3.63, 3.8) is 0 Å². The van der Waals surface area contributed by atoms with E-state index in [1.807, 2.05) is 0 Å². The first-order chi connectivity index (χ1) is 10.4. The molecule has 22 heavy (non-hydrogen) atoms. The second-order valence-electron chi connectivity index (χ2n) is 4.45. The van der Waals surface area contributed by atoms with E-state index in [1.54, 1.807) is 0 Å². The number of rotatable bonds is 6. The number of nitro groups is 2. The Balaban J connectivity index is 2.53. The lowest BCUT2D eigenvalue weighted by Gasteiger charge is -2.09. The van der Waals surface area contributed by atoms with Gasteiger partial charge in [0.1, 0.15) is 12.0 Å². The lowest BCUT2D eigenvalue weighted by atomic mass is 10.2. The highest BCUT2D eigenvalue weighted by Gasteiger charge is 2.22. The van der Waals surface area contributed by atoms with Crippen LogP contribution in [0.5, 0.6) is 0 Å². The SMILES string of the molecule is NC(C=O)Cc1cncn1-c1ccc([N+](=O)[O-])cc1[N+](=O)[O-]. The second kappa shape index (κ2) is 6.10. The van der Waals surface area contributed by atoms with Crippen LogP contribution in [0, 0.1) is 20.2 Å². The van der Waals surface area contributed by atoms with Crippen molar-refractivity contribution in [3.8, 4) is 5.69 Å². The Morgan fingerprint density at radius 3 is 2.64 bits per heavy atom. The molecule has 0 aliphatic carbocycles. The van der Waals surface area contributed by atoms with Gasteiger partial charge in [0.05, 0.1) is 28.3 Å². The van der Waals surface area contributed by atoms with Gasteiger partial charge in [0.25, 0.3) is 11.4 Å². The fourth-order valence-electron chi connectivity index (χ4n) is 1.96. The van der Waals surface area contributed by atoms with Crippen LogP contribution in [0.15, 0.2) is 30.7 Å². The molecule has 0 aliphatic rings. The molecular formula is C12H11N5O5. The number of non-ortho nitro benzene ring substituents is 1. The molecule has 1 aromatic carbocycles. The molecule has 2 rings (SSSR count). The van der Waals surface area contributed by atoms with Crippen LogP contribution >= 0.6 is 0 Å². The number of aromatic nitrogens is 2. The molecule has 10 heteroatoms. The Hall–Kier alpha value is -3.14. The summed E-state index contributed by atoms with van der Waals surface area (Å²) in [4.78, 5) is 35.0. The van der Waals surface area contributed by atoms with E-state index in [0.717, 1.165) is 12.1 Å². The third-order valence-electron chi connectivity index (χ3n) is 2.96. The molecule has 0 radical (unpaired) electrons. The number of hydrogen-bond acceptors (Lipinski definition) is 7. The van der Waals surface area contributed by atoms with E-state index in [9.17, 15) is 25.0 Å². The predicted octanol–water partition coefficient (Wildman–Crippen LogP) is 0.757. The van der Waals surface area contributed by atoms with Crippen LogP contribution in [0.25, 0.3) is 5.69 Å². The summed E-state index contributed by atoms with van der Waals surface area (Å²) in [6.45, 7) is 0. The summed E-state index contributed by atoms with van der Waals surface area (Å²) in [5.41, 5.74) is 5.31. The number of carbonyl (C=O) groups is 1. The molecule has 1 unspecified atom stereocenters. The first kappa shape index (κ1) is 15.3. The van der Waals surface area contributed by atoms with Crippen LogP contribution in [0.4, 0.5) is 11.4 Å². The van der Waals surface area contributed by atoms with Crippen molar-refractivity contribution >= 4 is 17.7 Å². The van der Waals surface area contributed by atoms with Gasteiger partial charge in [-0.3, -0.25) is 24.8 Å². The van der Waals surface area contributed by atoms with Crippen LogP contribution in [-0.4, -0.2) is 31.7 Å². The van der Waals surface area contributed by atoms with Gasteiger partial charge in [-0.2, -0.15) is 0 Å². The minimum atomic E-state index is -0.771. The van der Waals surface area contributed by atoms with Gasteiger partial charge in [0.15, 0.2) is 0 Å². The summed E-state index contributed by atoms with van der Waals surface area (Å²) in [6, 6.07) is 2.52. The minimum Gasteiger partial charge on any atom is -0.321 e. The summed E-state index contributed by atoms with van der Waals surface area (Å²) < 4.78 is 1.38. The standard InChI is InChI=1S/C12H11N5O5/c13-8(6-18)3-10-5-14-7-15(10)11-2-1-9(16(19)20)4-12(11)17(21)22/h1-2,4-8H,3,13H2. The van der Waals surface area contributed by atoms with Gasteiger partial charge in [-0.05, 0) is 6.07 Å². The first-order valence-electron chi connectivity index (χ1n) is 6.09. The molecule has 1 atom stereocenters. The molecule has 10 nitrogen and oxygen atoms in total. The van der Waals surface area contributed by atoms with E-state index in [4.69, 9.17) is 5.73 Å². The summed E-state index contributed by atoms with van der Waals surface area (Å²) in [7, 11) is 0. The average Bonchev–Trinajstić information content (AvgIpc) is 2.94. The van der Waals surface area contributed by atoms with Gasteiger partial charge in [0.2, 0.25) is 0 Å². The zero-order chi connectivity index (χ0) is 16.3. The zero-order valence-corrected chi connectivity index (χ0v) is 11.2. The molecular weight excluding hydrogens is 294 g/mol. The van der Waals surface area contributed by atoms with Crippen LogP contribution < -0.4 is 5.73 Å². The van der Waals surface area contributed by atoms with E-state index >= 15 is 0 Å². The van der Waals surface area contributed by atoms with Crippen molar-refractivity contribution in [2.75, 3.05) is 0 Å². The molecule has 0 fully saturated rings. The molecule has 0 saturated carbocycles. The Morgan fingerprint density at radius 2 is 2.05 bits per heavy atom. The highest BCUT2D eigenvalue weighted by molar-refractivity contribution is 5.60. The fourth-order valence-corrected chi connectivity index (χ4v) is 1.96. The van der Waals surface area contributed by atoms with Crippen LogP contribution in [0.1, 0.15) is 5.69 Å². The largest absolute Gasteiger partial charge is 0.321 e. The molecule has 1 aromatic heterocycles. The molecule has 114 valence electrons. The smallest absolute Gasteiger partial charge is 0.300 e. The van der Waals surface area contributed by atoms with Crippen LogP contribution in [0.3, 0.4) is 0 Å². The van der Waals surface area contributed by atoms with Gasteiger partial charge in [-0.1, -0.05) is 0 Å². The van der Waals surface area contributed by atoms with E-state index in [-0.39, 0.29) is 17.8 Å². The van der Waals surface area contributed by atoms with Crippen molar-refractivity contribution in [1.82, 2.24) is 9.55 Å². The molecule has 0 aliphatic heterocycles. The van der Waals surface area contributed by atoms with Crippen LogP contribution in [0.2, 0.25) is 0 Å². The normalized spacial score (nSPS) is 11.9. The van der Waals surface area contributed by atoms with E-state index in [0.29, 0.717) is 12.0 Å². The molecule has 1 heterocycles. The minimum absolute atomic E-state index is 0.112. The van der Waals surface area contributed by atoms with Crippen molar-refractivity contribution < 1.29 is 14.6 Å². The summed E-state index contributed by atoms with van der Waals surface area (Å²) in [5.74, 6) is 0. The number of nitrogens with two attached hydrogens (primary N) is 1. The lowest BCUT2D eigenvalue weighted by molar-refractivity contribution is -0.394. The van der Waals surface area contributed by atoms with E-state index < -0.39 is 21.6 Å². The monoisotopic (exact) mass is 305 g/mol. The van der Waals surface area contributed by atoms with Crippen molar-refractivity contribution in [2.24, 2.45) is 5.73 Å². The molecule has 2 aromatic rings. The molecule has 0 bridgehead atoms. The van der Waals surface area contributed by atoms with Crippen molar-refractivity contribution in [1.29, 1.82) is 0 Å². The van der Waals surface area contributed by atoms with Gasteiger partial charge in [-0.25, -0.2) is 4.98 Å². The van der Waals surface area contributed by atoms with Gasteiger partial charge >= 0.3 is 0 Å². The number of carbonyl (C=O) groups excluding carboxylic acids is 1. The maximum Gasteiger partial charge on any atom is 0.300 e. The predicted molar refractivity (Wildman–Crippen MR) is 74.6 cm³/mol. The third kappa shape index (κ3) is 2.96. The summed E-state index contributed by atoms with van der Waals surface area (Å²) in [5, 5.41) is 21.9. The van der Waals surface area contributed by atoms with Gasteiger partial charge < -0.3 is 10.5 Å². The summed E-state index contributed by atoms with van der Waals surface area (Å²) >= 11 is 0. The van der Waals surface area contributed by atoms with Gasteiger partial charge in [-0.15, -0.1) is 0 Å². The molecule has 0 amide bonds. The quantitative estimate of drug-likeness (QED) is 0.470. The molecule has 2 N–H and O–H groups in total. The third-order valence-corrected chi connectivity index (χ3v) is 2.96. The summed E-state index contributed by atoms with van der Waals surface area (Å²) in [6.07, 6.45) is 3.44. The average molecular weight is 305 g/mol. The lowest BCUT2D eigenvalue weighted by Crippen LogP contribution is -2.25. The zero-order valence-electron chi connectivity index (χ0n) is 11.2. The Kier molecular flexibility index (Phi) is 4.23. The van der Waals surface area contributed by atoms with Gasteiger partial charge in [0, 0.05) is 24.4 Å². The maximum atomic E-state index is 11.1. The number of aldehydes is 1. The number of hydrogen-bond donors (Lipinski definition) is 1. The van der Waals surface area contributed by atoms with E-state index in [1.165, 1.54) is 23.2 Å². The van der Waals surface area contributed by atoms with E-state index in [2.05, 4.69) is 4.98 Å². The fraction of sp³-hybridized carbons (Fsp3) is 0.167. The number of nitro benzene ring substituents is 2. The first-order valence-corrected chi connectivity index (χ1v) is 6.09. The Morgan fingerprint density at radius 1 is 1.32 bits per heavy atom. The Labute approximate surface area is 123 Å². The Bertz CT molecular complexity index is 741. The van der Waals surface area contributed by atoms with Crippen molar-refractivity contribution in [2.45, 2.75) is 12.5 Å². The highest BCUT2D eigenvalue weighted by Crippen LogP contribution is 2.28. The molecule has 0 spiro atoms. The number of benzene rings is 1. The number of imidazole rings is 1. The highest BCUT2D eigenvalue weighted by atomic mass is 16.6. The maximum absolute atomic E-state index is 11.1. The van der Waals surface area contributed by atoms with Crippen LogP contribution in [-0.2, 0) is 11.2 Å². The van der Waals surface area contributed by atoms with Crippen molar-refractivity contribution in [3.05, 3.63) is 56.6 Å². The number of nitrogens with zero attached hydrogens (tertiary/aromatic N) is 4. The second-order valence-corrected chi connectivity index (χ2v) is 4.45. The molecule has 0 saturated heterocycles.